The summed E-state index contributed by atoms with van der Waals surface area (Å²) in [6, 6.07) is 12.1. The normalized spacial score (nSPS) is 11.9. The number of hydrogen-bond acceptors (Lipinski definition) is 3. The molecule has 114 valence electrons. The summed E-state index contributed by atoms with van der Waals surface area (Å²) < 4.78 is 0. The summed E-state index contributed by atoms with van der Waals surface area (Å²) in [5, 5.41) is 4.56. The molecule has 2 rings (SSSR count). The highest BCUT2D eigenvalue weighted by molar-refractivity contribution is 6.00. The number of ketones is 1. The number of primary amides is 1. The maximum atomic E-state index is 12.2. The predicted octanol–water partition coefficient (Wildman–Crippen LogP) is 1.79. The molecule has 0 aliphatic heterocycles. The van der Waals surface area contributed by atoms with Crippen molar-refractivity contribution in [2.75, 3.05) is 0 Å². The average molecular weight is 298 g/mol. The Hall–Kier alpha value is -2.69. The van der Waals surface area contributed by atoms with Crippen LogP contribution >= 0.6 is 0 Å². The summed E-state index contributed by atoms with van der Waals surface area (Å²) in [5.74, 6) is -1.07. The molecule has 2 amide bonds. The quantitative estimate of drug-likeness (QED) is 0.852. The van der Waals surface area contributed by atoms with E-state index in [2.05, 4.69) is 5.32 Å². The SMILES string of the molecule is CC(=O)CC[C@@H](NC(=O)c1ccc2ccccc2c1)C(N)=O. The molecule has 5 heteroatoms. The Morgan fingerprint density at radius 3 is 2.41 bits per heavy atom. The lowest BCUT2D eigenvalue weighted by molar-refractivity contribution is -0.120. The molecule has 0 bridgehead atoms. The molecule has 0 aliphatic carbocycles. The zero-order valence-corrected chi connectivity index (χ0v) is 12.3. The van der Waals surface area contributed by atoms with Gasteiger partial charge in [0.05, 0.1) is 0 Å². The van der Waals surface area contributed by atoms with Crippen molar-refractivity contribution in [2.45, 2.75) is 25.8 Å². The zero-order chi connectivity index (χ0) is 16.1. The van der Waals surface area contributed by atoms with E-state index in [1.807, 2.05) is 30.3 Å². The molecule has 5 nitrogen and oxygen atoms in total. The minimum atomic E-state index is -0.845. The first-order chi connectivity index (χ1) is 10.5. The van der Waals surface area contributed by atoms with Crippen LogP contribution in [0.4, 0.5) is 0 Å². The van der Waals surface area contributed by atoms with Gasteiger partial charge in [-0.2, -0.15) is 0 Å². The van der Waals surface area contributed by atoms with Crippen molar-refractivity contribution in [3.05, 3.63) is 48.0 Å². The molecule has 0 spiro atoms. The number of nitrogens with one attached hydrogen (secondary N) is 1. The van der Waals surface area contributed by atoms with E-state index in [1.54, 1.807) is 12.1 Å². The minimum Gasteiger partial charge on any atom is -0.368 e. The van der Waals surface area contributed by atoms with Crippen molar-refractivity contribution < 1.29 is 14.4 Å². The van der Waals surface area contributed by atoms with Gasteiger partial charge in [0.2, 0.25) is 5.91 Å². The first-order valence-corrected chi connectivity index (χ1v) is 7.06. The average Bonchev–Trinajstić information content (AvgIpc) is 2.50. The molecule has 0 unspecified atom stereocenters. The molecule has 2 aromatic rings. The van der Waals surface area contributed by atoms with Crippen molar-refractivity contribution >= 4 is 28.4 Å². The van der Waals surface area contributed by atoms with Gasteiger partial charge in [0.1, 0.15) is 11.8 Å². The molecule has 0 saturated carbocycles. The van der Waals surface area contributed by atoms with E-state index in [9.17, 15) is 14.4 Å². The van der Waals surface area contributed by atoms with Gasteiger partial charge < -0.3 is 15.8 Å². The van der Waals surface area contributed by atoms with Crippen molar-refractivity contribution in [3.8, 4) is 0 Å². The fourth-order valence-corrected chi connectivity index (χ4v) is 2.21. The van der Waals surface area contributed by atoms with Crippen LogP contribution in [0.2, 0.25) is 0 Å². The van der Waals surface area contributed by atoms with Crippen LogP contribution in [0.15, 0.2) is 42.5 Å². The van der Waals surface area contributed by atoms with Gasteiger partial charge in [0, 0.05) is 12.0 Å². The first-order valence-electron chi connectivity index (χ1n) is 7.06. The summed E-state index contributed by atoms with van der Waals surface area (Å²) in [6.45, 7) is 1.43. The van der Waals surface area contributed by atoms with Gasteiger partial charge in [-0.15, -0.1) is 0 Å². The van der Waals surface area contributed by atoms with E-state index in [-0.39, 0.29) is 24.5 Å². The second-order valence-corrected chi connectivity index (χ2v) is 5.23. The Morgan fingerprint density at radius 1 is 1.09 bits per heavy atom. The third kappa shape index (κ3) is 3.91. The van der Waals surface area contributed by atoms with Crippen LogP contribution in [0.3, 0.4) is 0 Å². The molecule has 0 aliphatic rings. The molecule has 2 aromatic carbocycles. The lowest BCUT2D eigenvalue weighted by Gasteiger charge is -2.15. The fraction of sp³-hybridized carbons (Fsp3) is 0.235. The van der Waals surface area contributed by atoms with Crippen LogP contribution in [0.25, 0.3) is 10.8 Å². The number of carbonyl (C=O) groups excluding carboxylic acids is 3. The van der Waals surface area contributed by atoms with Crippen molar-refractivity contribution in [3.63, 3.8) is 0 Å². The smallest absolute Gasteiger partial charge is 0.251 e. The summed E-state index contributed by atoms with van der Waals surface area (Å²) >= 11 is 0. The van der Waals surface area contributed by atoms with Gasteiger partial charge in [-0.05, 0) is 36.2 Å². The van der Waals surface area contributed by atoms with Crippen molar-refractivity contribution in [2.24, 2.45) is 5.73 Å². The fourth-order valence-electron chi connectivity index (χ4n) is 2.21. The standard InChI is InChI=1S/C17H18N2O3/c1-11(20)6-9-15(16(18)21)19-17(22)14-8-7-12-4-2-3-5-13(12)10-14/h2-5,7-8,10,15H,6,9H2,1H3,(H2,18,21)(H,19,22)/t15-/m1/s1. The van der Waals surface area contributed by atoms with E-state index >= 15 is 0 Å². The Labute approximate surface area is 128 Å². The van der Waals surface area contributed by atoms with Crippen molar-refractivity contribution in [1.82, 2.24) is 5.32 Å². The number of amides is 2. The van der Waals surface area contributed by atoms with Crippen LogP contribution < -0.4 is 11.1 Å². The van der Waals surface area contributed by atoms with Gasteiger partial charge in [-0.3, -0.25) is 9.59 Å². The van der Waals surface area contributed by atoms with Gasteiger partial charge >= 0.3 is 0 Å². The second kappa shape index (κ2) is 6.85. The van der Waals surface area contributed by atoms with Crippen LogP contribution in [0, 0.1) is 0 Å². The van der Waals surface area contributed by atoms with Gasteiger partial charge in [-0.1, -0.05) is 30.3 Å². The Kier molecular flexibility index (Phi) is 4.88. The summed E-state index contributed by atoms with van der Waals surface area (Å²) in [6.07, 6.45) is 0.412. The number of Topliss-reactive ketones (excluding diaryl/α,β-unsaturated/α-hetero) is 1. The number of nitrogens with two attached hydrogens (primary N) is 1. The summed E-state index contributed by atoms with van der Waals surface area (Å²) in [5.41, 5.74) is 5.73. The number of carbonyl (C=O) groups is 3. The molecule has 0 fully saturated rings. The number of benzene rings is 2. The van der Waals surface area contributed by atoms with E-state index in [0.29, 0.717) is 5.56 Å². The highest BCUT2D eigenvalue weighted by Gasteiger charge is 2.19. The van der Waals surface area contributed by atoms with Crippen LogP contribution in [-0.4, -0.2) is 23.6 Å². The van der Waals surface area contributed by atoms with E-state index in [4.69, 9.17) is 5.73 Å². The van der Waals surface area contributed by atoms with E-state index in [1.165, 1.54) is 6.92 Å². The predicted molar refractivity (Wildman–Crippen MR) is 84.3 cm³/mol. The van der Waals surface area contributed by atoms with Gasteiger partial charge in [-0.25, -0.2) is 0 Å². The summed E-state index contributed by atoms with van der Waals surface area (Å²) in [4.78, 5) is 34.6. The Balaban J connectivity index is 2.14. The van der Waals surface area contributed by atoms with Crippen LogP contribution in [0.5, 0.6) is 0 Å². The Bertz CT molecular complexity index is 725. The Morgan fingerprint density at radius 2 is 1.77 bits per heavy atom. The maximum absolute atomic E-state index is 12.2. The molecule has 0 radical (unpaired) electrons. The largest absolute Gasteiger partial charge is 0.368 e. The molecule has 0 aromatic heterocycles. The molecule has 1 atom stereocenters. The van der Waals surface area contributed by atoms with E-state index < -0.39 is 11.9 Å². The van der Waals surface area contributed by atoms with Crippen LogP contribution in [0.1, 0.15) is 30.1 Å². The second-order valence-electron chi connectivity index (χ2n) is 5.23. The molecule has 3 N–H and O–H groups in total. The number of hydrogen-bond donors (Lipinski definition) is 2. The molecule has 0 saturated heterocycles. The third-order valence-corrected chi connectivity index (χ3v) is 3.45. The van der Waals surface area contributed by atoms with Gasteiger partial charge in [0.15, 0.2) is 0 Å². The number of fused-ring (bicyclic) bond motifs is 1. The van der Waals surface area contributed by atoms with Gasteiger partial charge in [0.25, 0.3) is 5.91 Å². The van der Waals surface area contributed by atoms with Crippen LogP contribution in [-0.2, 0) is 9.59 Å². The lowest BCUT2D eigenvalue weighted by Crippen LogP contribution is -2.44. The highest BCUT2D eigenvalue weighted by Crippen LogP contribution is 2.15. The monoisotopic (exact) mass is 298 g/mol. The highest BCUT2D eigenvalue weighted by atomic mass is 16.2. The topological polar surface area (TPSA) is 89.3 Å². The van der Waals surface area contributed by atoms with Crippen molar-refractivity contribution in [1.29, 1.82) is 0 Å². The number of rotatable bonds is 6. The summed E-state index contributed by atoms with van der Waals surface area (Å²) in [7, 11) is 0. The first kappa shape index (κ1) is 15.7. The lowest BCUT2D eigenvalue weighted by atomic mass is 10.1. The third-order valence-electron chi connectivity index (χ3n) is 3.45. The van der Waals surface area contributed by atoms with E-state index in [0.717, 1.165) is 10.8 Å². The molecule has 22 heavy (non-hydrogen) atoms. The molecular formula is C17H18N2O3. The molecular weight excluding hydrogens is 280 g/mol. The minimum absolute atomic E-state index is 0.0498. The molecule has 0 heterocycles. The maximum Gasteiger partial charge on any atom is 0.251 e. The zero-order valence-electron chi connectivity index (χ0n) is 12.3.